The molecule has 0 aliphatic carbocycles. The maximum Gasteiger partial charge on any atom is 0.180 e. The molecule has 0 amide bonds. The second-order valence-electron chi connectivity index (χ2n) is 3.98. The van der Waals surface area contributed by atoms with E-state index in [1.807, 2.05) is 25.3 Å². The van der Waals surface area contributed by atoms with Gasteiger partial charge >= 0.3 is 0 Å². The summed E-state index contributed by atoms with van der Waals surface area (Å²) in [6.45, 7) is 3.06. The van der Waals surface area contributed by atoms with Crippen LogP contribution in [0.2, 0.25) is 5.02 Å². The summed E-state index contributed by atoms with van der Waals surface area (Å²) in [6, 6.07) is 7.23. The molecule has 0 fully saturated rings. The van der Waals surface area contributed by atoms with E-state index in [4.69, 9.17) is 28.6 Å². The first kappa shape index (κ1) is 14.6. The van der Waals surface area contributed by atoms with Crippen LogP contribution < -0.4 is 15.4 Å². The molecule has 0 spiro atoms. The minimum Gasteiger partial charge on any atom is -0.471 e. The molecule has 2 N–H and O–H groups in total. The SMILES string of the molecule is CCNC(=S)Nc1cnn(COc2cccc(Cl)c2)c1. The summed E-state index contributed by atoms with van der Waals surface area (Å²) in [7, 11) is 0. The third kappa shape index (κ3) is 4.40. The van der Waals surface area contributed by atoms with Crippen LogP contribution in [0, 0.1) is 0 Å². The second-order valence-corrected chi connectivity index (χ2v) is 4.83. The lowest BCUT2D eigenvalue weighted by molar-refractivity contribution is 0.221. The summed E-state index contributed by atoms with van der Waals surface area (Å²) in [6.07, 6.45) is 3.50. The number of rotatable bonds is 5. The standard InChI is InChI=1S/C13H15ClN4OS/c1-2-15-13(20)17-11-7-16-18(8-11)9-19-12-5-3-4-10(14)6-12/h3-8H,2,9H2,1H3,(H2,15,17,20). The summed E-state index contributed by atoms with van der Waals surface area (Å²) < 4.78 is 7.24. The maximum atomic E-state index is 5.88. The number of thiocarbonyl (C=S) groups is 1. The Hall–Kier alpha value is -1.79. The molecule has 0 atom stereocenters. The van der Waals surface area contributed by atoms with Gasteiger partial charge in [-0.1, -0.05) is 17.7 Å². The van der Waals surface area contributed by atoms with E-state index in [0.717, 1.165) is 12.2 Å². The molecule has 0 saturated heterocycles. The molecule has 0 aliphatic heterocycles. The molecule has 106 valence electrons. The van der Waals surface area contributed by atoms with Crippen LogP contribution >= 0.6 is 23.8 Å². The molecule has 0 unspecified atom stereocenters. The van der Waals surface area contributed by atoms with E-state index in [0.29, 0.717) is 22.6 Å². The fourth-order valence-corrected chi connectivity index (χ4v) is 1.97. The second kappa shape index (κ2) is 7.12. The van der Waals surface area contributed by atoms with Crippen molar-refractivity contribution < 1.29 is 4.74 Å². The van der Waals surface area contributed by atoms with Crippen LogP contribution in [0.15, 0.2) is 36.7 Å². The predicted octanol–water partition coefficient (Wildman–Crippen LogP) is 2.88. The molecule has 1 aromatic heterocycles. The number of nitrogens with one attached hydrogen (secondary N) is 2. The average molecular weight is 311 g/mol. The number of hydrogen-bond acceptors (Lipinski definition) is 3. The first-order valence-corrected chi connectivity index (χ1v) is 6.91. The normalized spacial score (nSPS) is 10.1. The number of benzene rings is 1. The highest BCUT2D eigenvalue weighted by atomic mass is 35.5. The van der Waals surface area contributed by atoms with Crippen LogP contribution in [0.4, 0.5) is 5.69 Å². The summed E-state index contributed by atoms with van der Waals surface area (Å²) in [5, 5.41) is 11.4. The highest BCUT2D eigenvalue weighted by Gasteiger charge is 2.01. The number of ether oxygens (including phenoxy) is 1. The molecule has 5 nitrogen and oxygen atoms in total. The van der Waals surface area contributed by atoms with Gasteiger partial charge in [-0.3, -0.25) is 0 Å². The molecular formula is C13H15ClN4OS. The molecule has 1 aromatic carbocycles. The zero-order valence-electron chi connectivity index (χ0n) is 11.0. The summed E-state index contributed by atoms with van der Waals surface area (Å²) in [5.74, 6) is 0.700. The Morgan fingerprint density at radius 3 is 3.10 bits per heavy atom. The quantitative estimate of drug-likeness (QED) is 0.832. The van der Waals surface area contributed by atoms with Crippen molar-refractivity contribution in [3.63, 3.8) is 0 Å². The highest BCUT2D eigenvalue weighted by Crippen LogP contribution is 2.17. The number of halogens is 1. The Labute approximate surface area is 127 Å². The van der Waals surface area contributed by atoms with Gasteiger partial charge in [0.25, 0.3) is 0 Å². The number of nitrogens with zero attached hydrogens (tertiary/aromatic N) is 2. The Kier molecular flexibility index (Phi) is 5.20. The van der Waals surface area contributed by atoms with Gasteiger partial charge in [0.05, 0.1) is 18.1 Å². The van der Waals surface area contributed by atoms with Crippen molar-refractivity contribution in [1.29, 1.82) is 0 Å². The van der Waals surface area contributed by atoms with Crippen molar-refractivity contribution in [2.45, 2.75) is 13.7 Å². The molecular weight excluding hydrogens is 296 g/mol. The summed E-state index contributed by atoms with van der Waals surface area (Å²) in [4.78, 5) is 0. The largest absolute Gasteiger partial charge is 0.471 e. The van der Waals surface area contributed by atoms with Crippen LogP contribution in [-0.2, 0) is 6.73 Å². The predicted molar refractivity (Wildman–Crippen MR) is 84.2 cm³/mol. The van der Waals surface area contributed by atoms with Gasteiger partial charge in [0, 0.05) is 11.6 Å². The Bertz CT molecular complexity index is 587. The zero-order valence-corrected chi connectivity index (χ0v) is 12.5. The summed E-state index contributed by atoms with van der Waals surface area (Å²) >= 11 is 11.0. The Balaban J connectivity index is 1.88. The fraction of sp³-hybridized carbons (Fsp3) is 0.231. The van der Waals surface area contributed by atoms with E-state index in [9.17, 15) is 0 Å². The topological polar surface area (TPSA) is 51.1 Å². The maximum absolute atomic E-state index is 5.88. The molecule has 0 bridgehead atoms. The minimum atomic E-state index is 0.302. The highest BCUT2D eigenvalue weighted by molar-refractivity contribution is 7.80. The van der Waals surface area contributed by atoms with Crippen LogP contribution in [0.5, 0.6) is 5.75 Å². The lowest BCUT2D eigenvalue weighted by Crippen LogP contribution is -2.27. The van der Waals surface area contributed by atoms with Crippen molar-refractivity contribution in [1.82, 2.24) is 15.1 Å². The van der Waals surface area contributed by atoms with Crippen LogP contribution in [0.25, 0.3) is 0 Å². The average Bonchev–Trinajstić information content (AvgIpc) is 2.84. The molecule has 1 heterocycles. The Morgan fingerprint density at radius 2 is 2.35 bits per heavy atom. The molecule has 0 radical (unpaired) electrons. The van der Waals surface area contributed by atoms with Gasteiger partial charge in [-0.05, 0) is 37.3 Å². The molecule has 0 saturated carbocycles. The lowest BCUT2D eigenvalue weighted by atomic mass is 10.3. The van der Waals surface area contributed by atoms with Gasteiger partial charge in [-0.15, -0.1) is 0 Å². The molecule has 20 heavy (non-hydrogen) atoms. The van der Waals surface area contributed by atoms with Gasteiger partial charge < -0.3 is 15.4 Å². The first-order chi connectivity index (χ1) is 9.67. The van der Waals surface area contributed by atoms with Crippen molar-refractivity contribution in [3.05, 3.63) is 41.7 Å². The van der Waals surface area contributed by atoms with Gasteiger partial charge in [0.1, 0.15) is 5.75 Å². The van der Waals surface area contributed by atoms with E-state index < -0.39 is 0 Å². The van der Waals surface area contributed by atoms with Crippen molar-refractivity contribution >= 4 is 34.6 Å². The lowest BCUT2D eigenvalue weighted by Gasteiger charge is -2.07. The third-order valence-corrected chi connectivity index (χ3v) is 2.87. The minimum absolute atomic E-state index is 0.302. The third-order valence-electron chi connectivity index (χ3n) is 2.39. The van der Waals surface area contributed by atoms with Crippen molar-refractivity contribution in [2.75, 3.05) is 11.9 Å². The number of aromatic nitrogens is 2. The van der Waals surface area contributed by atoms with Gasteiger partial charge in [-0.2, -0.15) is 5.10 Å². The first-order valence-electron chi connectivity index (χ1n) is 6.13. The van der Waals surface area contributed by atoms with Crippen LogP contribution in [-0.4, -0.2) is 21.4 Å². The summed E-state index contributed by atoms with van der Waals surface area (Å²) in [5.41, 5.74) is 0.811. The van der Waals surface area contributed by atoms with E-state index in [-0.39, 0.29) is 0 Å². The van der Waals surface area contributed by atoms with Gasteiger partial charge in [-0.25, -0.2) is 4.68 Å². The fourth-order valence-electron chi connectivity index (χ4n) is 1.53. The van der Waals surface area contributed by atoms with Crippen LogP contribution in [0.3, 0.4) is 0 Å². The molecule has 2 rings (SSSR count). The van der Waals surface area contributed by atoms with Gasteiger partial charge in [0.15, 0.2) is 11.8 Å². The van der Waals surface area contributed by atoms with Gasteiger partial charge in [0.2, 0.25) is 0 Å². The molecule has 2 aromatic rings. The Morgan fingerprint density at radius 1 is 1.50 bits per heavy atom. The number of anilines is 1. The number of hydrogen-bond donors (Lipinski definition) is 2. The van der Waals surface area contributed by atoms with E-state index in [2.05, 4.69) is 15.7 Å². The van der Waals surface area contributed by atoms with Crippen molar-refractivity contribution in [2.24, 2.45) is 0 Å². The van der Waals surface area contributed by atoms with E-state index in [1.165, 1.54) is 0 Å². The molecule has 0 aliphatic rings. The monoisotopic (exact) mass is 310 g/mol. The van der Waals surface area contributed by atoms with E-state index >= 15 is 0 Å². The van der Waals surface area contributed by atoms with Crippen LogP contribution in [0.1, 0.15) is 6.92 Å². The zero-order chi connectivity index (χ0) is 14.4. The van der Waals surface area contributed by atoms with E-state index in [1.54, 1.807) is 23.0 Å². The van der Waals surface area contributed by atoms with Crippen molar-refractivity contribution in [3.8, 4) is 5.75 Å². The molecule has 7 heteroatoms. The smallest absolute Gasteiger partial charge is 0.180 e.